The van der Waals surface area contributed by atoms with E-state index in [9.17, 15) is 18.0 Å². The minimum atomic E-state index is -4.50. The van der Waals surface area contributed by atoms with E-state index in [1.807, 2.05) is 0 Å². The molecule has 0 saturated carbocycles. The molecule has 20 heavy (non-hydrogen) atoms. The van der Waals surface area contributed by atoms with E-state index in [0.717, 1.165) is 6.92 Å². The molecule has 0 radical (unpaired) electrons. The average Bonchev–Trinajstić information content (AvgIpc) is 2.68. The maximum Gasteiger partial charge on any atom is 0.417 e. The molecule has 0 aromatic carbocycles. The number of rotatable bonds is 2. The molecule has 1 N–H and O–H groups in total. The van der Waals surface area contributed by atoms with E-state index in [1.54, 1.807) is 12.1 Å². The Kier molecular flexibility index (Phi) is 3.73. The number of alkyl halides is 3. The molecule has 1 fully saturated rings. The summed E-state index contributed by atoms with van der Waals surface area (Å²) in [5.74, 6) is -1.37. The Labute approximate surface area is 114 Å². The zero-order valence-corrected chi connectivity index (χ0v) is 11.1. The van der Waals surface area contributed by atoms with Gasteiger partial charge in [-0.2, -0.15) is 13.2 Å². The van der Waals surface area contributed by atoms with Gasteiger partial charge in [-0.15, -0.1) is 0 Å². The number of halogens is 3. The minimum absolute atomic E-state index is 0.0299. The first-order valence-corrected chi connectivity index (χ1v) is 6.19. The maximum atomic E-state index is 13.0. The molecule has 4 nitrogen and oxygen atoms in total. The molecule has 1 aliphatic rings. The standard InChI is InChI=1S/C13H15F3N2O2/c1-8-6-10(20-12(8,2)13(14,15)16)11(19)18-9-4-3-5-17-7-9/h3-5,7-8,10H,6H2,1-2H3,(H,18,19). The van der Waals surface area contributed by atoms with E-state index >= 15 is 0 Å². The number of aromatic nitrogens is 1. The summed E-state index contributed by atoms with van der Waals surface area (Å²) in [4.78, 5) is 15.8. The van der Waals surface area contributed by atoms with Gasteiger partial charge in [0.15, 0.2) is 5.60 Å². The summed E-state index contributed by atoms with van der Waals surface area (Å²) in [6.07, 6.45) is -2.64. The molecular weight excluding hydrogens is 273 g/mol. The molecule has 3 atom stereocenters. The van der Waals surface area contributed by atoms with Gasteiger partial charge in [-0.1, -0.05) is 6.92 Å². The van der Waals surface area contributed by atoms with Gasteiger partial charge in [0.25, 0.3) is 5.91 Å². The topological polar surface area (TPSA) is 51.2 Å². The van der Waals surface area contributed by atoms with Gasteiger partial charge >= 0.3 is 6.18 Å². The number of carbonyl (C=O) groups is 1. The van der Waals surface area contributed by atoms with Crippen LogP contribution >= 0.6 is 0 Å². The lowest BCUT2D eigenvalue weighted by Gasteiger charge is -2.30. The summed E-state index contributed by atoms with van der Waals surface area (Å²) < 4.78 is 44.0. The van der Waals surface area contributed by atoms with Crippen molar-refractivity contribution in [1.29, 1.82) is 0 Å². The third-order valence-corrected chi connectivity index (χ3v) is 3.68. The summed E-state index contributed by atoms with van der Waals surface area (Å²) in [6, 6.07) is 3.22. The van der Waals surface area contributed by atoms with E-state index in [2.05, 4.69) is 10.3 Å². The Balaban J connectivity index is 2.07. The van der Waals surface area contributed by atoms with E-state index in [-0.39, 0.29) is 6.42 Å². The predicted molar refractivity (Wildman–Crippen MR) is 66.0 cm³/mol. The number of nitrogens with zero attached hydrogens (tertiary/aromatic N) is 1. The highest BCUT2D eigenvalue weighted by atomic mass is 19.4. The van der Waals surface area contributed by atoms with Crippen LogP contribution in [0.2, 0.25) is 0 Å². The number of anilines is 1. The van der Waals surface area contributed by atoms with Crippen molar-refractivity contribution in [2.75, 3.05) is 5.32 Å². The highest BCUT2D eigenvalue weighted by molar-refractivity contribution is 5.94. The summed E-state index contributed by atoms with van der Waals surface area (Å²) in [7, 11) is 0. The van der Waals surface area contributed by atoms with Gasteiger partial charge in [0.05, 0.1) is 11.9 Å². The second kappa shape index (κ2) is 5.05. The molecule has 3 unspecified atom stereocenters. The average molecular weight is 288 g/mol. The zero-order chi connectivity index (χ0) is 15.0. The van der Waals surface area contributed by atoms with Gasteiger partial charge in [0.2, 0.25) is 0 Å². The van der Waals surface area contributed by atoms with Crippen LogP contribution in [0.25, 0.3) is 0 Å². The van der Waals surface area contributed by atoms with Crippen molar-refractivity contribution in [3.05, 3.63) is 24.5 Å². The third kappa shape index (κ3) is 2.63. The molecule has 1 aliphatic heterocycles. The van der Waals surface area contributed by atoms with Gasteiger partial charge in [0, 0.05) is 6.20 Å². The molecule has 110 valence electrons. The second-order valence-corrected chi connectivity index (χ2v) is 5.08. The van der Waals surface area contributed by atoms with Crippen LogP contribution in [0.5, 0.6) is 0 Å². The van der Waals surface area contributed by atoms with Crippen molar-refractivity contribution in [3.63, 3.8) is 0 Å². The zero-order valence-electron chi connectivity index (χ0n) is 11.1. The molecule has 0 bridgehead atoms. The molecule has 1 amide bonds. The van der Waals surface area contributed by atoms with Crippen molar-refractivity contribution in [3.8, 4) is 0 Å². The number of carbonyl (C=O) groups excluding carboxylic acids is 1. The van der Waals surface area contributed by atoms with E-state index in [0.29, 0.717) is 5.69 Å². The van der Waals surface area contributed by atoms with E-state index in [1.165, 1.54) is 19.3 Å². The minimum Gasteiger partial charge on any atom is -0.352 e. The first-order valence-electron chi connectivity index (χ1n) is 6.19. The molecular formula is C13H15F3N2O2. The predicted octanol–water partition coefficient (Wildman–Crippen LogP) is 2.77. The Hall–Kier alpha value is -1.63. The van der Waals surface area contributed by atoms with Gasteiger partial charge in [-0.3, -0.25) is 9.78 Å². The van der Waals surface area contributed by atoms with Gasteiger partial charge < -0.3 is 10.1 Å². The fraction of sp³-hybridized carbons (Fsp3) is 0.538. The number of nitrogens with one attached hydrogen (secondary N) is 1. The number of amides is 1. The Morgan fingerprint density at radius 3 is 2.75 bits per heavy atom. The van der Waals surface area contributed by atoms with E-state index < -0.39 is 29.7 Å². The van der Waals surface area contributed by atoms with Crippen LogP contribution in [-0.4, -0.2) is 28.8 Å². The lowest BCUT2D eigenvalue weighted by Crippen LogP contribution is -2.47. The van der Waals surface area contributed by atoms with Crippen molar-refractivity contribution < 1.29 is 22.7 Å². The molecule has 2 rings (SSSR count). The number of hydrogen-bond donors (Lipinski definition) is 1. The van der Waals surface area contributed by atoms with Gasteiger partial charge in [-0.25, -0.2) is 0 Å². The smallest absolute Gasteiger partial charge is 0.352 e. The fourth-order valence-electron chi connectivity index (χ4n) is 2.17. The second-order valence-electron chi connectivity index (χ2n) is 5.08. The van der Waals surface area contributed by atoms with Crippen LogP contribution in [0.1, 0.15) is 20.3 Å². The van der Waals surface area contributed by atoms with Crippen LogP contribution in [0.15, 0.2) is 24.5 Å². The Bertz CT molecular complexity index is 492. The van der Waals surface area contributed by atoms with Crippen LogP contribution < -0.4 is 5.32 Å². The highest BCUT2D eigenvalue weighted by Crippen LogP contribution is 2.46. The quantitative estimate of drug-likeness (QED) is 0.910. The molecule has 0 spiro atoms. The van der Waals surface area contributed by atoms with Gasteiger partial charge in [0.1, 0.15) is 6.10 Å². The summed E-state index contributed by atoms with van der Waals surface area (Å²) in [5, 5.41) is 2.50. The Morgan fingerprint density at radius 1 is 1.55 bits per heavy atom. The lowest BCUT2D eigenvalue weighted by atomic mass is 9.89. The number of hydrogen-bond acceptors (Lipinski definition) is 3. The lowest BCUT2D eigenvalue weighted by molar-refractivity contribution is -0.272. The first kappa shape index (κ1) is 14.8. The molecule has 1 saturated heterocycles. The molecule has 0 aliphatic carbocycles. The van der Waals surface area contributed by atoms with Crippen molar-refractivity contribution in [2.45, 2.75) is 38.1 Å². The Morgan fingerprint density at radius 2 is 2.25 bits per heavy atom. The number of ether oxygens (including phenoxy) is 1. The normalized spacial score (nSPS) is 30.2. The SMILES string of the molecule is CC1CC(C(=O)Nc2cccnc2)OC1(C)C(F)(F)F. The van der Waals surface area contributed by atoms with Crippen LogP contribution in [0.4, 0.5) is 18.9 Å². The first-order chi connectivity index (χ1) is 9.24. The summed E-state index contributed by atoms with van der Waals surface area (Å²) in [6.45, 7) is 2.42. The maximum absolute atomic E-state index is 13.0. The van der Waals surface area contributed by atoms with Crippen LogP contribution in [0, 0.1) is 5.92 Å². The van der Waals surface area contributed by atoms with Gasteiger partial charge in [-0.05, 0) is 31.4 Å². The molecule has 1 aromatic rings. The molecule has 7 heteroatoms. The highest BCUT2D eigenvalue weighted by Gasteiger charge is 2.61. The molecule has 1 aromatic heterocycles. The van der Waals surface area contributed by atoms with Crippen molar-refractivity contribution >= 4 is 11.6 Å². The monoisotopic (exact) mass is 288 g/mol. The summed E-state index contributed by atoms with van der Waals surface area (Å²) >= 11 is 0. The third-order valence-electron chi connectivity index (χ3n) is 3.68. The van der Waals surface area contributed by atoms with Crippen LogP contribution in [-0.2, 0) is 9.53 Å². The van der Waals surface area contributed by atoms with Crippen molar-refractivity contribution in [1.82, 2.24) is 4.98 Å². The van der Waals surface area contributed by atoms with E-state index in [4.69, 9.17) is 4.74 Å². The largest absolute Gasteiger partial charge is 0.417 e. The fourth-order valence-corrected chi connectivity index (χ4v) is 2.17. The van der Waals surface area contributed by atoms with Crippen LogP contribution in [0.3, 0.4) is 0 Å². The molecule has 2 heterocycles. The summed E-state index contributed by atoms with van der Waals surface area (Å²) in [5.41, 5.74) is -1.86. The number of pyridine rings is 1. The van der Waals surface area contributed by atoms with Crippen molar-refractivity contribution in [2.24, 2.45) is 5.92 Å².